The lowest BCUT2D eigenvalue weighted by Crippen LogP contribution is -2.24. The van der Waals surface area contributed by atoms with Crippen LogP contribution in [0.5, 0.6) is 0 Å². The third-order valence-corrected chi connectivity index (χ3v) is 3.30. The van der Waals surface area contributed by atoms with Crippen LogP contribution in [0.15, 0.2) is 36.7 Å². The molecule has 3 N–H and O–H groups in total. The Morgan fingerprint density at radius 3 is 2.64 bits per heavy atom. The van der Waals surface area contributed by atoms with Gasteiger partial charge in [0.15, 0.2) is 11.6 Å². The minimum atomic E-state index is 0.113. The molecule has 0 amide bonds. The number of ether oxygens (including phenoxy) is 1. The molecule has 22 heavy (non-hydrogen) atoms. The van der Waals surface area contributed by atoms with Crippen molar-refractivity contribution in [1.29, 1.82) is 0 Å². The molecule has 0 saturated carbocycles. The summed E-state index contributed by atoms with van der Waals surface area (Å²) in [6, 6.07) is 10.2. The fourth-order valence-corrected chi connectivity index (χ4v) is 2.30. The molecule has 1 aromatic heterocycles. The Hall–Kier alpha value is -2.34. The summed E-state index contributed by atoms with van der Waals surface area (Å²) in [6.45, 7) is 5.42. The zero-order valence-electron chi connectivity index (χ0n) is 13.3. The molecular weight excluding hydrogens is 278 g/mol. The highest BCUT2D eigenvalue weighted by Crippen LogP contribution is 2.31. The molecule has 0 aliphatic rings. The Kier molecular flexibility index (Phi) is 5.55. The van der Waals surface area contributed by atoms with Gasteiger partial charge in [0.05, 0.1) is 6.61 Å². The summed E-state index contributed by atoms with van der Waals surface area (Å²) >= 11 is 0. The lowest BCUT2D eigenvalue weighted by molar-refractivity contribution is 0.190. The molecule has 0 saturated heterocycles. The highest BCUT2D eigenvalue weighted by molar-refractivity contribution is 5.79. The fourth-order valence-electron chi connectivity index (χ4n) is 2.30. The molecule has 1 atom stereocenters. The Morgan fingerprint density at radius 1 is 1.27 bits per heavy atom. The lowest BCUT2D eigenvalue weighted by Gasteiger charge is -2.24. The predicted molar refractivity (Wildman–Crippen MR) is 90.5 cm³/mol. The molecule has 0 spiro atoms. The van der Waals surface area contributed by atoms with E-state index in [9.17, 15) is 0 Å². The maximum Gasteiger partial charge on any atom is 0.161 e. The van der Waals surface area contributed by atoms with Crippen molar-refractivity contribution < 1.29 is 4.74 Å². The van der Waals surface area contributed by atoms with Crippen LogP contribution in [0.2, 0.25) is 0 Å². The summed E-state index contributed by atoms with van der Waals surface area (Å²) in [6.07, 6.45) is 1.53. The molecule has 118 valence electrons. The van der Waals surface area contributed by atoms with Gasteiger partial charge in [0, 0.05) is 25.4 Å². The number of aromatic nitrogens is 2. The van der Waals surface area contributed by atoms with Crippen molar-refractivity contribution in [3.8, 4) is 0 Å². The second kappa shape index (κ2) is 7.61. The molecule has 1 heterocycles. The number of hydrogen-bond donors (Lipinski definition) is 2. The van der Waals surface area contributed by atoms with Gasteiger partial charge in [-0.25, -0.2) is 9.97 Å². The van der Waals surface area contributed by atoms with Gasteiger partial charge in [-0.3, -0.25) is 0 Å². The minimum absolute atomic E-state index is 0.113. The van der Waals surface area contributed by atoms with E-state index in [1.807, 2.05) is 37.3 Å². The van der Waals surface area contributed by atoms with Crippen molar-refractivity contribution in [3.05, 3.63) is 36.7 Å². The van der Waals surface area contributed by atoms with Gasteiger partial charge in [0.1, 0.15) is 12.0 Å². The molecule has 0 bridgehead atoms. The van der Waals surface area contributed by atoms with Crippen LogP contribution < -0.4 is 16.0 Å². The highest BCUT2D eigenvalue weighted by Gasteiger charge is 2.16. The van der Waals surface area contributed by atoms with E-state index in [2.05, 4.69) is 27.1 Å². The molecule has 0 aliphatic carbocycles. The predicted octanol–water partition coefficient (Wildman–Crippen LogP) is 2.66. The van der Waals surface area contributed by atoms with E-state index in [4.69, 9.17) is 10.5 Å². The van der Waals surface area contributed by atoms with E-state index in [0.29, 0.717) is 23.9 Å². The van der Waals surface area contributed by atoms with Gasteiger partial charge in [-0.15, -0.1) is 0 Å². The van der Waals surface area contributed by atoms with E-state index in [1.54, 1.807) is 7.11 Å². The van der Waals surface area contributed by atoms with E-state index in [0.717, 1.165) is 12.2 Å². The van der Waals surface area contributed by atoms with Gasteiger partial charge in [-0.05, 0) is 26.0 Å². The first-order valence-corrected chi connectivity index (χ1v) is 7.35. The topological polar surface area (TPSA) is 76.3 Å². The average Bonchev–Trinajstić information content (AvgIpc) is 2.53. The summed E-state index contributed by atoms with van der Waals surface area (Å²) in [5, 5.41) is 3.25. The number of nitrogens with two attached hydrogens (primary N) is 1. The quantitative estimate of drug-likeness (QED) is 0.819. The van der Waals surface area contributed by atoms with Crippen LogP contribution in [0.3, 0.4) is 0 Å². The van der Waals surface area contributed by atoms with E-state index in [-0.39, 0.29) is 6.04 Å². The van der Waals surface area contributed by atoms with E-state index in [1.165, 1.54) is 6.33 Å². The zero-order chi connectivity index (χ0) is 15.9. The Morgan fingerprint density at radius 2 is 2.00 bits per heavy atom. The molecule has 2 rings (SSSR count). The lowest BCUT2D eigenvalue weighted by atomic mass is 10.2. The third-order valence-electron chi connectivity index (χ3n) is 3.30. The second-order valence-electron chi connectivity index (χ2n) is 5.04. The number of nitrogen functional groups attached to an aromatic ring is 1. The highest BCUT2D eigenvalue weighted by atomic mass is 16.5. The van der Waals surface area contributed by atoms with Gasteiger partial charge in [0.25, 0.3) is 0 Å². The smallest absolute Gasteiger partial charge is 0.161 e. The molecule has 6 heteroatoms. The number of nitrogens with one attached hydrogen (secondary N) is 1. The summed E-state index contributed by atoms with van der Waals surface area (Å²) < 4.78 is 5.13. The summed E-state index contributed by atoms with van der Waals surface area (Å²) in [7, 11) is 1.67. The summed E-state index contributed by atoms with van der Waals surface area (Å²) in [5.74, 6) is 1.33. The van der Waals surface area contributed by atoms with Crippen molar-refractivity contribution >= 4 is 23.0 Å². The maximum absolute atomic E-state index is 6.27. The van der Waals surface area contributed by atoms with Crippen molar-refractivity contribution in [1.82, 2.24) is 9.97 Å². The van der Waals surface area contributed by atoms with Crippen molar-refractivity contribution in [2.75, 3.05) is 36.2 Å². The Labute approximate surface area is 131 Å². The minimum Gasteiger partial charge on any atom is -0.393 e. The second-order valence-corrected chi connectivity index (χ2v) is 5.04. The number of anilines is 4. The van der Waals surface area contributed by atoms with Crippen molar-refractivity contribution in [3.63, 3.8) is 0 Å². The number of para-hydroxylation sites is 1. The van der Waals surface area contributed by atoms with Gasteiger partial charge in [0.2, 0.25) is 0 Å². The average molecular weight is 301 g/mol. The van der Waals surface area contributed by atoms with Gasteiger partial charge in [-0.2, -0.15) is 0 Å². The van der Waals surface area contributed by atoms with Crippen LogP contribution >= 0.6 is 0 Å². The Bertz CT molecular complexity index is 590. The first kappa shape index (κ1) is 16.0. The first-order valence-electron chi connectivity index (χ1n) is 7.35. The summed E-state index contributed by atoms with van der Waals surface area (Å²) in [4.78, 5) is 10.7. The summed E-state index contributed by atoms with van der Waals surface area (Å²) in [5.41, 5.74) is 7.86. The molecule has 6 nitrogen and oxygen atoms in total. The molecule has 1 unspecified atom stereocenters. The number of rotatable bonds is 7. The van der Waals surface area contributed by atoms with E-state index < -0.39 is 0 Å². The number of nitrogens with zero attached hydrogens (tertiary/aromatic N) is 3. The number of benzene rings is 1. The standard InChI is InChI=1S/C16H23N5O/c1-4-21(13-8-6-5-7-9-13)16-14(17)15(18-11-19-16)20-12(2)10-22-3/h5-9,11-12H,4,10,17H2,1-3H3,(H,18,19,20). The Balaban J connectivity index is 2.31. The van der Waals surface area contributed by atoms with Crippen LogP contribution in [0.25, 0.3) is 0 Å². The van der Waals surface area contributed by atoms with Gasteiger partial charge in [-0.1, -0.05) is 18.2 Å². The van der Waals surface area contributed by atoms with Gasteiger partial charge < -0.3 is 20.7 Å². The number of methoxy groups -OCH3 is 1. The number of hydrogen-bond acceptors (Lipinski definition) is 6. The van der Waals surface area contributed by atoms with E-state index >= 15 is 0 Å². The molecule has 0 aliphatic heterocycles. The largest absolute Gasteiger partial charge is 0.393 e. The van der Waals surface area contributed by atoms with Crippen molar-refractivity contribution in [2.24, 2.45) is 0 Å². The van der Waals surface area contributed by atoms with Crippen LogP contribution in [0, 0.1) is 0 Å². The zero-order valence-corrected chi connectivity index (χ0v) is 13.3. The van der Waals surface area contributed by atoms with Crippen LogP contribution in [0.4, 0.5) is 23.0 Å². The SMILES string of the molecule is CCN(c1ccccc1)c1ncnc(NC(C)COC)c1N. The first-order chi connectivity index (χ1) is 10.7. The van der Waals surface area contributed by atoms with Crippen molar-refractivity contribution in [2.45, 2.75) is 19.9 Å². The van der Waals surface area contributed by atoms with Gasteiger partial charge >= 0.3 is 0 Å². The van der Waals surface area contributed by atoms with Crippen LogP contribution in [-0.4, -0.2) is 36.3 Å². The molecular formula is C16H23N5O. The molecule has 0 fully saturated rings. The maximum atomic E-state index is 6.27. The normalized spacial score (nSPS) is 12.0. The third kappa shape index (κ3) is 3.65. The molecule has 1 aromatic carbocycles. The monoisotopic (exact) mass is 301 g/mol. The fraction of sp³-hybridized carbons (Fsp3) is 0.375. The van der Waals surface area contributed by atoms with Crippen LogP contribution in [-0.2, 0) is 4.74 Å². The van der Waals surface area contributed by atoms with Crippen LogP contribution in [0.1, 0.15) is 13.8 Å². The molecule has 0 radical (unpaired) electrons. The molecule has 2 aromatic rings.